The fraction of sp³-hybridized carbons (Fsp3) is 0.643. The molecule has 23 nitrogen and oxygen atoms in total. The Hall–Kier alpha value is -5.42. The number of primary amides is 2. The number of hydrogen-bond acceptors (Lipinski definition) is 13. The Morgan fingerprint density at radius 2 is 1.16 bits per heavy atom. The molecular formula is C28H49N11O12. The molecule has 6 atom stereocenters. The first kappa shape index (κ1) is 45.6. The van der Waals surface area contributed by atoms with Crippen LogP contribution in [0, 0.1) is 0 Å². The number of unbranched alkanes of at least 4 members (excludes halogenated alkanes) is 1. The normalized spacial score (nSPS) is 14.1. The molecule has 0 aromatic carbocycles. The average Bonchev–Trinajstić information content (AvgIpc) is 3.05. The summed E-state index contributed by atoms with van der Waals surface area (Å²) in [5.41, 5.74) is 21.2. The first-order valence-corrected chi connectivity index (χ1v) is 15.7. The molecule has 288 valence electrons. The number of hydrogen-bond donors (Lipinski definition) is 13. The number of carbonyl (C=O) groups excluding carboxylic acids is 9. The lowest BCUT2D eigenvalue weighted by Crippen LogP contribution is -2.57. The lowest BCUT2D eigenvalue weighted by atomic mass is 10.1. The molecule has 0 saturated carbocycles. The van der Waals surface area contributed by atoms with Crippen LogP contribution in [0.3, 0.4) is 0 Å². The lowest BCUT2D eigenvalue weighted by Gasteiger charge is -2.24. The van der Waals surface area contributed by atoms with E-state index in [9.17, 15) is 53.1 Å². The van der Waals surface area contributed by atoms with Crippen LogP contribution in [-0.2, 0) is 47.9 Å². The maximum absolute atomic E-state index is 12.9. The van der Waals surface area contributed by atoms with E-state index in [0.29, 0.717) is 19.4 Å². The van der Waals surface area contributed by atoms with Gasteiger partial charge >= 0.3 is 5.97 Å². The molecule has 51 heavy (non-hydrogen) atoms. The van der Waals surface area contributed by atoms with Crippen LogP contribution in [0.25, 0.3) is 0 Å². The number of rotatable bonds is 25. The molecule has 23 heteroatoms. The molecule has 17 N–H and O–H groups in total. The Labute approximate surface area is 292 Å². The highest BCUT2D eigenvalue weighted by Gasteiger charge is 2.29. The van der Waals surface area contributed by atoms with Gasteiger partial charge in [-0.15, -0.1) is 0 Å². The molecule has 0 radical (unpaired) electrons. The van der Waals surface area contributed by atoms with Crippen LogP contribution in [0.2, 0.25) is 0 Å². The van der Waals surface area contributed by atoms with E-state index in [1.807, 2.05) is 10.6 Å². The van der Waals surface area contributed by atoms with Crippen molar-refractivity contribution in [2.24, 2.45) is 22.9 Å². The van der Waals surface area contributed by atoms with Crippen molar-refractivity contribution in [2.45, 2.75) is 88.6 Å². The Bertz CT molecular complexity index is 1280. The molecule has 0 heterocycles. The van der Waals surface area contributed by atoms with E-state index in [1.54, 1.807) is 0 Å². The van der Waals surface area contributed by atoms with Gasteiger partial charge in [-0.2, -0.15) is 0 Å². The summed E-state index contributed by atoms with van der Waals surface area (Å²) in [6, 6.07) is -7.99. The number of aliphatic hydroxyl groups is 1. The standard InChI is InChI=1S/C28H49N11O12/c1-13(30)23(45)37-15(5-3-4-8-29)26(48)35-14(2)24(46)38-16(6-7-19(31)41)25(47)34-10-21(43)33-11-22(44)36-18(12-40)27(49)39-17(28(50)51)9-20(32)42/h13-18,40H,3-12,29-30H2,1-2H3,(H2,31,41)(H2,32,42)(H,33,43)(H,34,47)(H,35,48)(H,36,44)(H,37,45)(H,38,46)(H,39,49)(H,50,51). The van der Waals surface area contributed by atoms with Crippen molar-refractivity contribution < 1.29 is 58.2 Å². The minimum absolute atomic E-state index is 0.201. The quantitative estimate of drug-likeness (QED) is 0.0388. The van der Waals surface area contributed by atoms with Crippen LogP contribution in [-0.4, -0.2) is 132 Å². The van der Waals surface area contributed by atoms with E-state index < -0.39 is 122 Å². The molecule has 0 aromatic rings. The monoisotopic (exact) mass is 731 g/mol. The van der Waals surface area contributed by atoms with Crippen molar-refractivity contribution in [3.8, 4) is 0 Å². The second-order valence-corrected chi connectivity index (χ2v) is 11.3. The van der Waals surface area contributed by atoms with Crippen LogP contribution in [0.15, 0.2) is 0 Å². The largest absolute Gasteiger partial charge is 0.480 e. The predicted molar refractivity (Wildman–Crippen MR) is 175 cm³/mol. The smallest absolute Gasteiger partial charge is 0.326 e. The number of aliphatic carboxylic acids is 1. The fourth-order valence-corrected chi connectivity index (χ4v) is 3.94. The van der Waals surface area contributed by atoms with E-state index >= 15 is 0 Å². The van der Waals surface area contributed by atoms with Crippen LogP contribution in [0.4, 0.5) is 0 Å². The zero-order valence-electron chi connectivity index (χ0n) is 28.3. The fourth-order valence-electron chi connectivity index (χ4n) is 3.94. The summed E-state index contributed by atoms with van der Waals surface area (Å²) in [5.74, 6) is -9.64. The van der Waals surface area contributed by atoms with Crippen LogP contribution >= 0.6 is 0 Å². The maximum Gasteiger partial charge on any atom is 0.326 e. The van der Waals surface area contributed by atoms with Gasteiger partial charge in [0.05, 0.1) is 32.2 Å². The zero-order valence-corrected chi connectivity index (χ0v) is 28.3. The van der Waals surface area contributed by atoms with Crippen molar-refractivity contribution in [2.75, 3.05) is 26.2 Å². The van der Waals surface area contributed by atoms with E-state index in [-0.39, 0.29) is 19.3 Å². The summed E-state index contributed by atoms with van der Waals surface area (Å²) >= 11 is 0. The SMILES string of the molecule is CC(N)C(=O)NC(CCCCN)C(=O)NC(C)C(=O)NC(CCC(N)=O)C(=O)NCC(=O)NCC(=O)NC(CO)C(=O)NC(CC(N)=O)C(=O)O. The Balaban J connectivity index is 5.23. The van der Waals surface area contributed by atoms with Gasteiger partial charge in [0, 0.05) is 6.42 Å². The van der Waals surface area contributed by atoms with Gasteiger partial charge in [-0.25, -0.2) is 4.79 Å². The van der Waals surface area contributed by atoms with Crippen LogP contribution in [0.1, 0.15) is 52.4 Å². The molecule has 0 fully saturated rings. The molecule has 0 spiro atoms. The van der Waals surface area contributed by atoms with Crippen molar-refractivity contribution in [3.05, 3.63) is 0 Å². The number of carboxylic acids is 1. The first-order chi connectivity index (χ1) is 23.8. The molecule has 0 aliphatic heterocycles. The number of carboxylic acid groups (broad SMARTS) is 1. The average molecular weight is 732 g/mol. The van der Waals surface area contributed by atoms with Gasteiger partial charge in [0.1, 0.15) is 30.2 Å². The third kappa shape index (κ3) is 19.4. The molecule has 0 aromatic heterocycles. The molecule has 0 saturated heterocycles. The van der Waals surface area contributed by atoms with Gasteiger partial charge in [0.2, 0.25) is 53.2 Å². The second kappa shape index (κ2) is 23.9. The van der Waals surface area contributed by atoms with Gasteiger partial charge in [-0.1, -0.05) is 0 Å². The van der Waals surface area contributed by atoms with Crippen molar-refractivity contribution in [1.82, 2.24) is 37.2 Å². The molecular weight excluding hydrogens is 682 g/mol. The number of amides is 9. The third-order valence-electron chi connectivity index (χ3n) is 6.78. The number of carbonyl (C=O) groups is 10. The van der Waals surface area contributed by atoms with Gasteiger partial charge < -0.3 is 70.4 Å². The summed E-state index contributed by atoms with van der Waals surface area (Å²) in [7, 11) is 0. The van der Waals surface area contributed by atoms with Crippen molar-refractivity contribution >= 4 is 59.1 Å². The highest BCUT2D eigenvalue weighted by atomic mass is 16.4. The summed E-state index contributed by atoms with van der Waals surface area (Å²) in [4.78, 5) is 121. The van der Waals surface area contributed by atoms with Gasteiger partial charge in [-0.3, -0.25) is 43.2 Å². The topological polar surface area (TPSA) is 399 Å². The van der Waals surface area contributed by atoms with Crippen LogP contribution in [0.5, 0.6) is 0 Å². The van der Waals surface area contributed by atoms with Gasteiger partial charge in [0.25, 0.3) is 0 Å². The summed E-state index contributed by atoms with van der Waals surface area (Å²) in [6.07, 6.45) is -0.160. The summed E-state index contributed by atoms with van der Waals surface area (Å²) in [6.45, 7) is 0.597. The third-order valence-corrected chi connectivity index (χ3v) is 6.78. The van der Waals surface area contributed by atoms with E-state index in [0.717, 1.165) is 0 Å². The molecule has 0 aliphatic rings. The highest BCUT2D eigenvalue weighted by Crippen LogP contribution is 2.04. The molecule has 9 amide bonds. The summed E-state index contributed by atoms with van der Waals surface area (Å²) in [5, 5.41) is 34.1. The summed E-state index contributed by atoms with van der Waals surface area (Å²) < 4.78 is 0. The molecule has 6 unspecified atom stereocenters. The molecule has 0 bridgehead atoms. The Morgan fingerprint density at radius 1 is 0.608 bits per heavy atom. The second-order valence-electron chi connectivity index (χ2n) is 11.3. The van der Waals surface area contributed by atoms with E-state index in [4.69, 9.17) is 28.0 Å². The highest BCUT2D eigenvalue weighted by molar-refractivity contribution is 5.96. The number of nitrogens with two attached hydrogens (primary N) is 4. The molecule has 0 aliphatic carbocycles. The minimum atomic E-state index is -1.73. The zero-order chi connectivity index (χ0) is 39.3. The maximum atomic E-state index is 12.9. The van der Waals surface area contributed by atoms with Crippen molar-refractivity contribution in [1.29, 1.82) is 0 Å². The van der Waals surface area contributed by atoms with Crippen LogP contribution < -0.4 is 60.2 Å². The van der Waals surface area contributed by atoms with Gasteiger partial charge in [-0.05, 0) is 46.1 Å². The number of aliphatic hydroxyl groups excluding tert-OH is 1. The van der Waals surface area contributed by atoms with E-state index in [1.165, 1.54) is 13.8 Å². The predicted octanol–water partition coefficient (Wildman–Crippen LogP) is -7.64. The Morgan fingerprint density at radius 3 is 1.69 bits per heavy atom. The minimum Gasteiger partial charge on any atom is -0.480 e. The Kier molecular flexibility index (Phi) is 21.3. The molecule has 0 rings (SSSR count). The number of nitrogens with one attached hydrogen (secondary N) is 7. The lowest BCUT2D eigenvalue weighted by molar-refractivity contribution is -0.144. The van der Waals surface area contributed by atoms with Gasteiger partial charge in [0.15, 0.2) is 0 Å². The van der Waals surface area contributed by atoms with Crippen molar-refractivity contribution in [3.63, 3.8) is 0 Å². The first-order valence-electron chi connectivity index (χ1n) is 15.7. The van der Waals surface area contributed by atoms with E-state index in [2.05, 4.69) is 26.6 Å².